The van der Waals surface area contributed by atoms with Crippen LogP contribution in [0.3, 0.4) is 0 Å². The Morgan fingerprint density at radius 1 is 1.44 bits per heavy atom. The van der Waals surface area contributed by atoms with E-state index in [9.17, 15) is 0 Å². The van der Waals surface area contributed by atoms with E-state index in [2.05, 4.69) is 43.5 Å². The zero-order valence-electron chi connectivity index (χ0n) is 9.90. The van der Waals surface area contributed by atoms with Crippen molar-refractivity contribution in [1.82, 2.24) is 9.38 Å². The number of aromatic nitrogens is 2. The summed E-state index contributed by atoms with van der Waals surface area (Å²) in [6, 6.07) is 4.23. The molecule has 16 heavy (non-hydrogen) atoms. The second kappa shape index (κ2) is 3.32. The molecule has 84 valence electrons. The highest BCUT2D eigenvalue weighted by Gasteiger charge is 2.26. The summed E-state index contributed by atoms with van der Waals surface area (Å²) < 4.78 is 8.00. The molecule has 0 bridgehead atoms. The molecule has 1 aliphatic rings. The van der Waals surface area contributed by atoms with Crippen LogP contribution in [0.2, 0.25) is 0 Å². The van der Waals surface area contributed by atoms with Gasteiger partial charge in [-0.1, -0.05) is 0 Å². The molecule has 2 aromatic rings. The Kier molecular flexibility index (Phi) is 2.04. The third-order valence-electron chi connectivity index (χ3n) is 3.20. The van der Waals surface area contributed by atoms with Crippen molar-refractivity contribution in [2.75, 3.05) is 0 Å². The van der Waals surface area contributed by atoms with Gasteiger partial charge in [0.05, 0.1) is 23.6 Å². The summed E-state index contributed by atoms with van der Waals surface area (Å²) in [7, 11) is 0. The number of hydrogen-bond donors (Lipinski definition) is 0. The molecule has 3 nitrogen and oxygen atoms in total. The topological polar surface area (TPSA) is 26.5 Å². The van der Waals surface area contributed by atoms with Gasteiger partial charge in [-0.3, -0.25) is 0 Å². The van der Waals surface area contributed by atoms with Gasteiger partial charge in [-0.2, -0.15) is 0 Å². The molecule has 3 rings (SSSR count). The van der Waals surface area contributed by atoms with Gasteiger partial charge in [0.2, 0.25) is 0 Å². The average Bonchev–Trinajstić information content (AvgIpc) is 2.54. The van der Waals surface area contributed by atoms with Crippen LogP contribution in [-0.4, -0.2) is 15.5 Å². The Morgan fingerprint density at radius 3 is 3.06 bits per heavy atom. The van der Waals surface area contributed by atoms with Crippen molar-refractivity contribution in [1.29, 1.82) is 0 Å². The normalized spacial score (nSPS) is 24.7. The molecule has 2 unspecified atom stereocenters. The fourth-order valence-electron chi connectivity index (χ4n) is 2.53. The van der Waals surface area contributed by atoms with Crippen molar-refractivity contribution < 1.29 is 4.74 Å². The van der Waals surface area contributed by atoms with E-state index >= 15 is 0 Å². The van der Waals surface area contributed by atoms with Crippen molar-refractivity contribution in [3.8, 4) is 0 Å². The highest BCUT2D eigenvalue weighted by Crippen LogP contribution is 2.30. The average molecular weight is 216 g/mol. The first-order valence-electron chi connectivity index (χ1n) is 5.78. The van der Waals surface area contributed by atoms with E-state index in [1.807, 2.05) is 0 Å². The van der Waals surface area contributed by atoms with Gasteiger partial charge < -0.3 is 9.14 Å². The molecule has 0 saturated heterocycles. The predicted octanol–water partition coefficient (Wildman–Crippen LogP) is 2.66. The van der Waals surface area contributed by atoms with Gasteiger partial charge in [0, 0.05) is 12.6 Å². The lowest BCUT2D eigenvalue weighted by Gasteiger charge is -2.25. The lowest BCUT2D eigenvalue weighted by molar-refractivity contribution is -0.00833. The molecule has 0 radical (unpaired) electrons. The molecule has 3 heterocycles. The van der Waals surface area contributed by atoms with Gasteiger partial charge in [-0.05, 0) is 38.5 Å². The molecule has 0 spiro atoms. The third kappa shape index (κ3) is 1.35. The first-order valence-corrected chi connectivity index (χ1v) is 5.78. The van der Waals surface area contributed by atoms with E-state index in [1.54, 1.807) is 0 Å². The fraction of sp³-hybridized carbons (Fsp3) is 0.462. The second-order valence-electron chi connectivity index (χ2n) is 4.67. The highest BCUT2D eigenvalue weighted by molar-refractivity contribution is 5.46. The van der Waals surface area contributed by atoms with Crippen LogP contribution < -0.4 is 0 Å². The maximum absolute atomic E-state index is 5.85. The molecule has 1 aliphatic heterocycles. The van der Waals surface area contributed by atoms with Gasteiger partial charge in [0.15, 0.2) is 0 Å². The SMILES string of the molecule is Cc1ccn2c3c(nc2c1)CC(C)OC3C. The summed E-state index contributed by atoms with van der Waals surface area (Å²) in [6.45, 7) is 6.30. The number of pyridine rings is 1. The van der Waals surface area contributed by atoms with Gasteiger partial charge in [0.1, 0.15) is 5.65 Å². The van der Waals surface area contributed by atoms with Gasteiger partial charge in [-0.25, -0.2) is 4.98 Å². The quantitative estimate of drug-likeness (QED) is 0.676. The van der Waals surface area contributed by atoms with Gasteiger partial charge in [0.25, 0.3) is 0 Å². The summed E-state index contributed by atoms with van der Waals surface area (Å²) >= 11 is 0. The van der Waals surface area contributed by atoms with E-state index < -0.39 is 0 Å². The maximum Gasteiger partial charge on any atom is 0.137 e. The summed E-state index contributed by atoms with van der Waals surface area (Å²) in [5.41, 5.74) is 4.69. The molecule has 0 N–H and O–H groups in total. The van der Waals surface area contributed by atoms with Crippen LogP contribution in [0.25, 0.3) is 5.65 Å². The molecule has 2 aromatic heterocycles. The predicted molar refractivity (Wildman–Crippen MR) is 62.6 cm³/mol. The lowest BCUT2D eigenvalue weighted by atomic mass is 10.1. The number of aryl methyl sites for hydroxylation is 1. The summed E-state index contributed by atoms with van der Waals surface area (Å²) in [5, 5.41) is 0. The Bertz CT molecular complexity index is 544. The van der Waals surface area contributed by atoms with Crippen LogP contribution >= 0.6 is 0 Å². The van der Waals surface area contributed by atoms with Crippen molar-refractivity contribution in [2.24, 2.45) is 0 Å². The van der Waals surface area contributed by atoms with Crippen LogP contribution in [0.15, 0.2) is 18.3 Å². The van der Waals surface area contributed by atoms with E-state index in [4.69, 9.17) is 9.72 Å². The number of fused-ring (bicyclic) bond motifs is 3. The Balaban J connectivity index is 2.26. The van der Waals surface area contributed by atoms with Crippen LogP contribution in [-0.2, 0) is 11.2 Å². The van der Waals surface area contributed by atoms with E-state index in [0.29, 0.717) is 0 Å². The second-order valence-corrected chi connectivity index (χ2v) is 4.67. The molecule has 0 aromatic carbocycles. The van der Waals surface area contributed by atoms with Gasteiger partial charge >= 0.3 is 0 Å². The Hall–Kier alpha value is -1.35. The smallest absolute Gasteiger partial charge is 0.137 e. The molecule has 0 amide bonds. The summed E-state index contributed by atoms with van der Waals surface area (Å²) in [5.74, 6) is 0. The van der Waals surface area contributed by atoms with Crippen molar-refractivity contribution in [3.05, 3.63) is 35.3 Å². The monoisotopic (exact) mass is 216 g/mol. The van der Waals surface area contributed by atoms with E-state index in [0.717, 1.165) is 12.1 Å². The third-order valence-corrected chi connectivity index (χ3v) is 3.20. The standard InChI is InChI=1S/C13H16N2O/c1-8-4-5-15-12(6-8)14-11-7-9(2)16-10(3)13(11)15/h4-6,9-10H,7H2,1-3H3. The number of nitrogens with zero attached hydrogens (tertiary/aromatic N) is 2. The van der Waals surface area contributed by atoms with Crippen LogP contribution in [0.5, 0.6) is 0 Å². The van der Waals surface area contributed by atoms with Gasteiger partial charge in [-0.15, -0.1) is 0 Å². The molecular weight excluding hydrogens is 200 g/mol. The minimum atomic E-state index is 0.136. The van der Waals surface area contributed by atoms with E-state index in [1.165, 1.54) is 17.0 Å². The number of rotatable bonds is 0. The number of hydrogen-bond acceptors (Lipinski definition) is 2. The number of ether oxygens (including phenoxy) is 1. The van der Waals surface area contributed by atoms with E-state index in [-0.39, 0.29) is 12.2 Å². The van der Waals surface area contributed by atoms with Crippen LogP contribution in [0, 0.1) is 6.92 Å². The largest absolute Gasteiger partial charge is 0.369 e. The highest BCUT2D eigenvalue weighted by atomic mass is 16.5. The minimum Gasteiger partial charge on any atom is -0.369 e. The fourth-order valence-corrected chi connectivity index (χ4v) is 2.53. The van der Waals surface area contributed by atoms with Crippen molar-refractivity contribution >= 4 is 5.65 Å². The summed E-state index contributed by atoms with van der Waals surface area (Å²) in [4.78, 5) is 4.70. The zero-order valence-corrected chi connectivity index (χ0v) is 9.90. The van der Waals surface area contributed by atoms with Crippen LogP contribution in [0.1, 0.15) is 36.9 Å². The Morgan fingerprint density at radius 2 is 2.25 bits per heavy atom. The maximum atomic E-state index is 5.85. The van der Waals surface area contributed by atoms with Crippen molar-refractivity contribution in [2.45, 2.75) is 39.4 Å². The Labute approximate surface area is 95.1 Å². The minimum absolute atomic E-state index is 0.136. The molecule has 0 saturated carbocycles. The van der Waals surface area contributed by atoms with Crippen molar-refractivity contribution in [3.63, 3.8) is 0 Å². The molecule has 3 heteroatoms. The van der Waals surface area contributed by atoms with Crippen LogP contribution in [0.4, 0.5) is 0 Å². The summed E-state index contributed by atoms with van der Waals surface area (Å²) in [6.07, 6.45) is 3.41. The number of imidazole rings is 1. The molecule has 2 atom stereocenters. The first kappa shape index (κ1) is 9.85. The first-order chi connectivity index (χ1) is 7.65. The lowest BCUT2D eigenvalue weighted by Crippen LogP contribution is -2.22. The zero-order chi connectivity index (χ0) is 11.3. The molecule has 0 fully saturated rings. The molecule has 0 aliphatic carbocycles. The molecular formula is C13H16N2O.